The average molecular weight is 283 g/mol. The number of hydrogen-bond acceptors (Lipinski definition) is 3. The minimum absolute atomic E-state index is 0.156. The zero-order valence-corrected chi connectivity index (χ0v) is 11.7. The van der Waals surface area contributed by atoms with Gasteiger partial charge in [0.2, 0.25) is 0 Å². The smallest absolute Gasteiger partial charge is 0.193 e. The molecule has 0 bridgehead atoms. The van der Waals surface area contributed by atoms with Gasteiger partial charge in [0.05, 0.1) is 5.52 Å². The lowest BCUT2D eigenvalue weighted by atomic mass is 10.0. The number of hydrogen-bond donors (Lipinski definition) is 0. The summed E-state index contributed by atoms with van der Waals surface area (Å²) in [6, 6.07) is 11.0. The zero-order valence-electron chi connectivity index (χ0n) is 11.7. The van der Waals surface area contributed by atoms with Gasteiger partial charge in [0.15, 0.2) is 5.78 Å². The fraction of sp³-hybridized carbons (Fsp3) is 0.188. The molecule has 0 radical (unpaired) electrons. The van der Waals surface area contributed by atoms with Gasteiger partial charge in [0.25, 0.3) is 0 Å². The van der Waals surface area contributed by atoms with Crippen LogP contribution >= 0.6 is 0 Å². The largest absolute Gasteiger partial charge is 0.289 e. The summed E-state index contributed by atoms with van der Waals surface area (Å²) in [5, 5.41) is 8.18. The molecule has 0 aliphatic rings. The van der Waals surface area contributed by atoms with Crippen LogP contribution in [-0.2, 0) is 0 Å². The molecular formula is C16H14FN3O. The second-order valence-corrected chi connectivity index (χ2v) is 5.17. The minimum atomic E-state index is -0.359. The number of carbonyl (C=O) groups is 1. The standard InChI is InChI=1S/C16H14FN3O/c1-10(2)20-15-8-5-12(9-14(15)18-19-20)16(21)11-3-6-13(17)7-4-11/h3-10H,1-2H3. The molecule has 0 atom stereocenters. The van der Waals surface area contributed by atoms with Crippen molar-refractivity contribution in [2.75, 3.05) is 0 Å². The van der Waals surface area contributed by atoms with Crippen molar-refractivity contribution in [2.45, 2.75) is 19.9 Å². The maximum atomic E-state index is 12.9. The van der Waals surface area contributed by atoms with Gasteiger partial charge in [-0.3, -0.25) is 4.79 Å². The van der Waals surface area contributed by atoms with E-state index < -0.39 is 0 Å². The van der Waals surface area contributed by atoms with Crippen LogP contribution in [0.4, 0.5) is 4.39 Å². The lowest BCUT2D eigenvalue weighted by molar-refractivity contribution is 0.103. The van der Waals surface area contributed by atoms with Crippen LogP contribution in [0.15, 0.2) is 42.5 Å². The molecule has 0 N–H and O–H groups in total. The molecule has 0 fully saturated rings. The maximum absolute atomic E-state index is 12.9. The fourth-order valence-corrected chi connectivity index (χ4v) is 2.23. The first kappa shape index (κ1) is 13.4. The van der Waals surface area contributed by atoms with Crippen molar-refractivity contribution in [3.63, 3.8) is 0 Å². The number of halogens is 1. The number of nitrogens with zero attached hydrogens (tertiary/aromatic N) is 3. The van der Waals surface area contributed by atoms with Crippen molar-refractivity contribution in [3.8, 4) is 0 Å². The van der Waals surface area contributed by atoms with Gasteiger partial charge in [0, 0.05) is 17.2 Å². The average Bonchev–Trinajstić information content (AvgIpc) is 2.90. The van der Waals surface area contributed by atoms with Gasteiger partial charge >= 0.3 is 0 Å². The summed E-state index contributed by atoms with van der Waals surface area (Å²) in [5.41, 5.74) is 2.54. The monoisotopic (exact) mass is 283 g/mol. The van der Waals surface area contributed by atoms with Gasteiger partial charge in [-0.2, -0.15) is 0 Å². The van der Waals surface area contributed by atoms with Crippen LogP contribution in [0.5, 0.6) is 0 Å². The van der Waals surface area contributed by atoms with Crippen molar-refractivity contribution < 1.29 is 9.18 Å². The molecule has 4 nitrogen and oxygen atoms in total. The molecule has 0 saturated carbocycles. The van der Waals surface area contributed by atoms with Crippen molar-refractivity contribution in [1.82, 2.24) is 15.0 Å². The third kappa shape index (κ3) is 2.42. The van der Waals surface area contributed by atoms with Gasteiger partial charge < -0.3 is 0 Å². The Bertz CT molecular complexity index is 806. The molecular weight excluding hydrogens is 269 g/mol. The highest BCUT2D eigenvalue weighted by Crippen LogP contribution is 2.19. The molecule has 0 spiro atoms. The number of carbonyl (C=O) groups excluding carboxylic acids is 1. The van der Waals surface area contributed by atoms with E-state index in [0.717, 1.165) is 5.52 Å². The summed E-state index contributed by atoms with van der Waals surface area (Å²) >= 11 is 0. The van der Waals surface area contributed by atoms with E-state index in [4.69, 9.17) is 0 Å². The fourth-order valence-electron chi connectivity index (χ4n) is 2.23. The molecule has 3 rings (SSSR count). The SMILES string of the molecule is CC(C)n1nnc2cc(C(=O)c3ccc(F)cc3)ccc21. The summed E-state index contributed by atoms with van der Waals surface area (Å²) in [6.07, 6.45) is 0. The van der Waals surface area contributed by atoms with Crippen molar-refractivity contribution in [3.05, 3.63) is 59.4 Å². The minimum Gasteiger partial charge on any atom is -0.289 e. The predicted molar refractivity (Wildman–Crippen MR) is 77.7 cm³/mol. The maximum Gasteiger partial charge on any atom is 0.193 e. The first-order chi connectivity index (χ1) is 10.1. The van der Waals surface area contributed by atoms with E-state index in [1.54, 1.807) is 12.1 Å². The topological polar surface area (TPSA) is 47.8 Å². The number of benzene rings is 2. The lowest BCUT2D eigenvalue weighted by Gasteiger charge is -2.05. The van der Waals surface area contributed by atoms with Gasteiger partial charge in [-0.1, -0.05) is 5.21 Å². The predicted octanol–water partition coefficient (Wildman–Crippen LogP) is 3.38. The van der Waals surface area contributed by atoms with Crippen LogP contribution in [0.25, 0.3) is 11.0 Å². The Hall–Kier alpha value is -2.56. The highest BCUT2D eigenvalue weighted by molar-refractivity contribution is 6.10. The van der Waals surface area contributed by atoms with Crippen LogP contribution in [0.2, 0.25) is 0 Å². The molecule has 5 heteroatoms. The van der Waals surface area contributed by atoms with Crippen LogP contribution in [0.1, 0.15) is 35.8 Å². The Morgan fingerprint density at radius 3 is 2.43 bits per heavy atom. The molecule has 2 aromatic carbocycles. The number of rotatable bonds is 3. The molecule has 106 valence electrons. The molecule has 3 aromatic rings. The Morgan fingerprint density at radius 1 is 1.10 bits per heavy atom. The summed E-state index contributed by atoms with van der Waals surface area (Å²) < 4.78 is 14.7. The van der Waals surface area contributed by atoms with Gasteiger partial charge in [-0.15, -0.1) is 5.10 Å². The first-order valence-corrected chi connectivity index (χ1v) is 6.71. The summed E-state index contributed by atoms with van der Waals surface area (Å²) in [7, 11) is 0. The Balaban J connectivity index is 2.01. The normalized spacial score (nSPS) is 11.2. The molecule has 1 heterocycles. The van der Waals surface area contributed by atoms with E-state index in [0.29, 0.717) is 16.6 Å². The van der Waals surface area contributed by atoms with Crippen LogP contribution in [-0.4, -0.2) is 20.8 Å². The van der Waals surface area contributed by atoms with E-state index in [9.17, 15) is 9.18 Å². The third-order valence-corrected chi connectivity index (χ3v) is 3.33. The van der Waals surface area contributed by atoms with Gasteiger partial charge in [-0.05, 0) is 56.3 Å². The Kier molecular flexibility index (Phi) is 3.25. The molecule has 0 amide bonds. The van der Waals surface area contributed by atoms with Crippen LogP contribution < -0.4 is 0 Å². The number of aromatic nitrogens is 3. The van der Waals surface area contributed by atoms with Crippen LogP contribution in [0, 0.1) is 5.82 Å². The summed E-state index contributed by atoms with van der Waals surface area (Å²) in [5.74, 6) is -0.516. The number of ketones is 1. The third-order valence-electron chi connectivity index (χ3n) is 3.33. The van der Waals surface area contributed by atoms with Gasteiger partial charge in [0.1, 0.15) is 11.3 Å². The number of fused-ring (bicyclic) bond motifs is 1. The van der Waals surface area contributed by atoms with E-state index in [1.807, 2.05) is 24.6 Å². The summed E-state index contributed by atoms with van der Waals surface area (Å²) in [4.78, 5) is 12.4. The molecule has 0 saturated heterocycles. The zero-order chi connectivity index (χ0) is 15.0. The quantitative estimate of drug-likeness (QED) is 0.692. The molecule has 0 unspecified atom stereocenters. The van der Waals surface area contributed by atoms with Gasteiger partial charge in [-0.25, -0.2) is 9.07 Å². The van der Waals surface area contributed by atoms with Crippen LogP contribution in [0.3, 0.4) is 0 Å². The highest BCUT2D eigenvalue weighted by Gasteiger charge is 2.13. The molecule has 1 aromatic heterocycles. The van der Waals surface area contributed by atoms with E-state index in [1.165, 1.54) is 24.3 Å². The van der Waals surface area contributed by atoms with E-state index in [-0.39, 0.29) is 17.6 Å². The lowest BCUT2D eigenvalue weighted by Crippen LogP contribution is -2.03. The molecule has 0 aliphatic heterocycles. The Labute approximate surface area is 121 Å². The second kappa shape index (κ2) is 5.09. The van der Waals surface area contributed by atoms with E-state index >= 15 is 0 Å². The van der Waals surface area contributed by atoms with E-state index in [2.05, 4.69) is 10.3 Å². The van der Waals surface area contributed by atoms with Crippen molar-refractivity contribution in [1.29, 1.82) is 0 Å². The van der Waals surface area contributed by atoms with Crippen molar-refractivity contribution >= 4 is 16.8 Å². The first-order valence-electron chi connectivity index (χ1n) is 6.71. The van der Waals surface area contributed by atoms with Crippen molar-refractivity contribution in [2.24, 2.45) is 0 Å². The molecule has 21 heavy (non-hydrogen) atoms. The second-order valence-electron chi connectivity index (χ2n) is 5.17. The summed E-state index contributed by atoms with van der Waals surface area (Å²) in [6.45, 7) is 4.04. The highest BCUT2D eigenvalue weighted by atomic mass is 19.1. The Morgan fingerprint density at radius 2 is 1.76 bits per heavy atom. The molecule has 0 aliphatic carbocycles.